The Hall–Kier alpha value is -2.93. The second kappa shape index (κ2) is 9.71. The lowest BCUT2D eigenvalue weighted by Gasteiger charge is -2.09. The van der Waals surface area contributed by atoms with E-state index in [2.05, 4.69) is 29.4 Å². The molecule has 1 aliphatic heterocycles. The van der Waals surface area contributed by atoms with Crippen molar-refractivity contribution in [1.29, 1.82) is 0 Å². The van der Waals surface area contributed by atoms with E-state index in [4.69, 9.17) is 9.47 Å². The predicted octanol–water partition coefficient (Wildman–Crippen LogP) is 4.73. The third kappa shape index (κ3) is 5.16. The van der Waals surface area contributed by atoms with Gasteiger partial charge in [-0.1, -0.05) is 43.3 Å². The standard InChI is InChI=1S/C23H25N3O3S/c1-2-3-4-17-5-8-19(9-6-17)25-22(27)15-30-23-24-11-12-26(23)14-18-7-10-20-21(13-18)29-16-28-20/h5-13H,2-4,14-16H2,1H3,(H,25,27). The van der Waals surface area contributed by atoms with Crippen LogP contribution in [0.4, 0.5) is 5.69 Å². The number of fused-ring (bicyclic) bond motifs is 1. The quantitative estimate of drug-likeness (QED) is 0.504. The monoisotopic (exact) mass is 423 g/mol. The number of hydrogen-bond donors (Lipinski definition) is 1. The van der Waals surface area contributed by atoms with Crippen LogP contribution in [0, 0.1) is 0 Å². The summed E-state index contributed by atoms with van der Waals surface area (Å²) in [6, 6.07) is 14.0. The maximum Gasteiger partial charge on any atom is 0.234 e. The van der Waals surface area contributed by atoms with Gasteiger partial charge in [0.15, 0.2) is 16.7 Å². The smallest absolute Gasteiger partial charge is 0.234 e. The van der Waals surface area contributed by atoms with Crippen LogP contribution in [0.5, 0.6) is 11.5 Å². The molecule has 4 rings (SSSR count). The first-order valence-corrected chi connectivity index (χ1v) is 11.1. The van der Waals surface area contributed by atoms with Gasteiger partial charge in [-0.2, -0.15) is 0 Å². The van der Waals surface area contributed by atoms with Crippen molar-refractivity contribution in [2.45, 2.75) is 37.9 Å². The molecule has 7 heteroatoms. The molecule has 2 aromatic carbocycles. The molecular weight excluding hydrogens is 398 g/mol. The molecule has 0 aliphatic carbocycles. The van der Waals surface area contributed by atoms with Gasteiger partial charge in [0.2, 0.25) is 12.7 Å². The van der Waals surface area contributed by atoms with Crippen molar-refractivity contribution < 1.29 is 14.3 Å². The van der Waals surface area contributed by atoms with E-state index >= 15 is 0 Å². The van der Waals surface area contributed by atoms with E-state index in [9.17, 15) is 4.79 Å². The largest absolute Gasteiger partial charge is 0.454 e. The van der Waals surface area contributed by atoms with Crippen LogP contribution in [0.15, 0.2) is 60.0 Å². The van der Waals surface area contributed by atoms with Crippen molar-refractivity contribution in [3.8, 4) is 11.5 Å². The number of ether oxygens (including phenoxy) is 2. The van der Waals surface area contributed by atoms with Crippen LogP contribution >= 0.6 is 11.8 Å². The van der Waals surface area contributed by atoms with Crippen molar-refractivity contribution in [1.82, 2.24) is 9.55 Å². The zero-order valence-electron chi connectivity index (χ0n) is 17.0. The molecule has 1 amide bonds. The molecule has 1 aliphatic rings. The number of nitrogens with one attached hydrogen (secondary N) is 1. The van der Waals surface area contributed by atoms with Gasteiger partial charge in [0.05, 0.1) is 5.75 Å². The van der Waals surface area contributed by atoms with Gasteiger partial charge in [-0.05, 0) is 48.2 Å². The minimum Gasteiger partial charge on any atom is -0.454 e. The second-order valence-electron chi connectivity index (χ2n) is 7.16. The fraction of sp³-hybridized carbons (Fsp3) is 0.304. The Kier molecular flexibility index (Phi) is 6.59. The minimum atomic E-state index is -0.0427. The molecule has 30 heavy (non-hydrogen) atoms. The summed E-state index contributed by atoms with van der Waals surface area (Å²) in [5, 5.41) is 3.76. The summed E-state index contributed by atoms with van der Waals surface area (Å²) in [5.74, 6) is 1.80. The average Bonchev–Trinajstić information content (AvgIpc) is 3.40. The second-order valence-corrected chi connectivity index (χ2v) is 8.11. The van der Waals surface area contributed by atoms with Gasteiger partial charge in [-0.25, -0.2) is 4.98 Å². The van der Waals surface area contributed by atoms with Crippen molar-refractivity contribution in [2.75, 3.05) is 17.9 Å². The Labute approximate surface area is 180 Å². The summed E-state index contributed by atoms with van der Waals surface area (Å²) in [4.78, 5) is 16.8. The SMILES string of the molecule is CCCCc1ccc(NC(=O)CSc2nccn2Cc2ccc3c(c2)OCO3)cc1. The molecule has 0 fully saturated rings. The number of carbonyl (C=O) groups is 1. The number of rotatable bonds is 9. The van der Waals surface area contributed by atoms with Crippen LogP contribution in [-0.2, 0) is 17.8 Å². The first kappa shape index (κ1) is 20.3. The number of thioether (sulfide) groups is 1. The van der Waals surface area contributed by atoms with E-state index in [0.29, 0.717) is 12.3 Å². The number of benzene rings is 2. The van der Waals surface area contributed by atoms with Gasteiger partial charge in [-0.3, -0.25) is 4.79 Å². The molecule has 1 aromatic heterocycles. The van der Waals surface area contributed by atoms with Crippen molar-refractivity contribution in [3.63, 3.8) is 0 Å². The molecule has 0 atom stereocenters. The van der Waals surface area contributed by atoms with Gasteiger partial charge in [0, 0.05) is 24.6 Å². The van der Waals surface area contributed by atoms with E-state index in [0.717, 1.165) is 34.3 Å². The zero-order valence-corrected chi connectivity index (χ0v) is 17.8. The zero-order chi connectivity index (χ0) is 20.8. The molecular formula is C23H25N3O3S. The highest BCUT2D eigenvalue weighted by Gasteiger charge is 2.14. The number of unbranched alkanes of at least 4 members (excludes halogenated alkanes) is 1. The summed E-state index contributed by atoms with van der Waals surface area (Å²) < 4.78 is 12.8. The Morgan fingerprint density at radius 2 is 1.93 bits per heavy atom. The molecule has 1 N–H and O–H groups in total. The number of imidazole rings is 1. The first-order valence-electron chi connectivity index (χ1n) is 10.1. The van der Waals surface area contributed by atoms with Gasteiger partial charge in [0.1, 0.15) is 0 Å². The fourth-order valence-corrected chi connectivity index (χ4v) is 4.01. The predicted molar refractivity (Wildman–Crippen MR) is 118 cm³/mol. The highest BCUT2D eigenvalue weighted by molar-refractivity contribution is 7.99. The molecule has 0 spiro atoms. The molecule has 3 aromatic rings. The van der Waals surface area contributed by atoms with Gasteiger partial charge in [0.25, 0.3) is 0 Å². The minimum absolute atomic E-state index is 0.0427. The Morgan fingerprint density at radius 3 is 2.77 bits per heavy atom. The lowest BCUT2D eigenvalue weighted by molar-refractivity contribution is -0.113. The maximum absolute atomic E-state index is 12.4. The molecule has 2 heterocycles. The van der Waals surface area contributed by atoms with Gasteiger partial charge < -0.3 is 19.4 Å². The number of amides is 1. The van der Waals surface area contributed by atoms with E-state index < -0.39 is 0 Å². The summed E-state index contributed by atoms with van der Waals surface area (Å²) >= 11 is 1.42. The maximum atomic E-state index is 12.4. The number of aryl methyl sites for hydroxylation is 1. The molecule has 156 valence electrons. The molecule has 0 bridgehead atoms. The Bertz CT molecular complexity index is 1000. The summed E-state index contributed by atoms with van der Waals surface area (Å²) in [6.45, 7) is 3.11. The van der Waals surface area contributed by atoms with E-state index in [-0.39, 0.29) is 12.7 Å². The lowest BCUT2D eigenvalue weighted by Crippen LogP contribution is -2.14. The number of anilines is 1. The Morgan fingerprint density at radius 1 is 1.13 bits per heavy atom. The van der Waals surface area contributed by atoms with Crippen LogP contribution < -0.4 is 14.8 Å². The van der Waals surface area contributed by atoms with Crippen LogP contribution in [0.25, 0.3) is 0 Å². The van der Waals surface area contributed by atoms with Crippen molar-refractivity contribution in [2.24, 2.45) is 0 Å². The van der Waals surface area contributed by atoms with Gasteiger partial charge in [-0.15, -0.1) is 0 Å². The van der Waals surface area contributed by atoms with E-state index in [1.807, 2.05) is 41.1 Å². The van der Waals surface area contributed by atoms with Crippen LogP contribution in [0.2, 0.25) is 0 Å². The normalized spacial score (nSPS) is 12.2. The van der Waals surface area contributed by atoms with Crippen LogP contribution in [-0.4, -0.2) is 28.0 Å². The highest BCUT2D eigenvalue weighted by Crippen LogP contribution is 2.33. The van der Waals surface area contributed by atoms with Crippen LogP contribution in [0.3, 0.4) is 0 Å². The van der Waals surface area contributed by atoms with E-state index in [1.54, 1.807) is 6.20 Å². The van der Waals surface area contributed by atoms with Gasteiger partial charge >= 0.3 is 0 Å². The molecule has 0 saturated heterocycles. The molecule has 0 unspecified atom stereocenters. The summed E-state index contributed by atoms with van der Waals surface area (Å²) in [7, 11) is 0. The molecule has 6 nitrogen and oxygen atoms in total. The third-order valence-electron chi connectivity index (χ3n) is 4.86. The summed E-state index contributed by atoms with van der Waals surface area (Å²) in [5.41, 5.74) is 3.21. The topological polar surface area (TPSA) is 65.4 Å². The average molecular weight is 424 g/mol. The van der Waals surface area contributed by atoms with Crippen LogP contribution in [0.1, 0.15) is 30.9 Å². The number of aromatic nitrogens is 2. The number of nitrogens with zero attached hydrogens (tertiary/aromatic N) is 2. The van der Waals surface area contributed by atoms with Crippen molar-refractivity contribution >= 4 is 23.4 Å². The number of carbonyl (C=O) groups excluding carboxylic acids is 1. The molecule has 0 saturated carbocycles. The third-order valence-corrected chi connectivity index (χ3v) is 5.86. The summed E-state index contributed by atoms with van der Waals surface area (Å²) in [6.07, 6.45) is 7.11. The highest BCUT2D eigenvalue weighted by atomic mass is 32.2. The number of hydrogen-bond acceptors (Lipinski definition) is 5. The van der Waals surface area contributed by atoms with Crippen molar-refractivity contribution in [3.05, 3.63) is 66.0 Å². The van der Waals surface area contributed by atoms with E-state index in [1.165, 1.54) is 30.2 Å². The molecule has 0 radical (unpaired) electrons. The first-order chi connectivity index (χ1) is 14.7. The Balaban J connectivity index is 1.30. The lowest BCUT2D eigenvalue weighted by atomic mass is 10.1. The fourth-order valence-electron chi connectivity index (χ4n) is 3.25.